The highest BCUT2D eigenvalue weighted by molar-refractivity contribution is 5.91. The molecule has 8 nitrogen and oxygen atoms in total. The molecule has 2 aliphatic rings. The highest BCUT2D eigenvalue weighted by Gasteiger charge is 2.46. The van der Waals surface area contributed by atoms with Crippen LogP contribution in [0.1, 0.15) is 23.5 Å². The number of nitrogens with zero attached hydrogens (tertiary/aromatic N) is 4. The lowest BCUT2D eigenvalue weighted by Crippen LogP contribution is -2.49. The van der Waals surface area contributed by atoms with Crippen LogP contribution in [0.5, 0.6) is 11.5 Å². The predicted octanol–water partition coefficient (Wildman–Crippen LogP) is 2.99. The highest BCUT2D eigenvalue weighted by Crippen LogP contribution is 2.49. The molecule has 3 aromatic rings. The van der Waals surface area contributed by atoms with Crippen LogP contribution in [0.3, 0.4) is 0 Å². The quantitative estimate of drug-likeness (QED) is 0.643. The Morgan fingerprint density at radius 2 is 1.73 bits per heavy atom. The van der Waals surface area contributed by atoms with Crippen molar-refractivity contribution in [2.75, 3.05) is 51.0 Å². The van der Waals surface area contributed by atoms with E-state index in [0.29, 0.717) is 60.9 Å². The fourth-order valence-electron chi connectivity index (χ4n) is 4.78. The van der Waals surface area contributed by atoms with Crippen molar-refractivity contribution in [3.63, 3.8) is 0 Å². The van der Waals surface area contributed by atoms with Crippen LogP contribution in [-0.2, 0) is 4.79 Å². The van der Waals surface area contributed by atoms with Gasteiger partial charge in [-0.05, 0) is 36.5 Å². The first-order valence-electron chi connectivity index (χ1n) is 11.3. The van der Waals surface area contributed by atoms with Gasteiger partial charge in [0.05, 0.1) is 19.7 Å². The molecule has 1 saturated carbocycles. The zero-order valence-corrected chi connectivity index (χ0v) is 19.2. The Hall–Kier alpha value is -3.55. The molecule has 1 saturated heterocycles. The van der Waals surface area contributed by atoms with Gasteiger partial charge in [-0.15, -0.1) is 0 Å². The second-order valence-corrected chi connectivity index (χ2v) is 8.75. The number of ether oxygens (including phenoxy) is 2. The average molecular weight is 448 g/mol. The van der Waals surface area contributed by atoms with E-state index in [1.54, 1.807) is 20.3 Å². The van der Waals surface area contributed by atoms with Crippen molar-refractivity contribution < 1.29 is 14.3 Å². The number of piperazine rings is 1. The molecule has 0 radical (unpaired) electrons. The Balaban J connectivity index is 1.27. The number of rotatable bonds is 5. The van der Waals surface area contributed by atoms with Crippen LogP contribution in [0, 0.1) is 12.8 Å². The zero-order valence-electron chi connectivity index (χ0n) is 19.2. The third kappa shape index (κ3) is 3.90. The summed E-state index contributed by atoms with van der Waals surface area (Å²) in [5.41, 5.74) is 9.52. The van der Waals surface area contributed by atoms with Gasteiger partial charge in [0.15, 0.2) is 11.5 Å². The molecule has 8 heteroatoms. The van der Waals surface area contributed by atoms with Gasteiger partial charge < -0.3 is 25.0 Å². The van der Waals surface area contributed by atoms with Crippen LogP contribution in [-0.4, -0.2) is 61.2 Å². The summed E-state index contributed by atoms with van der Waals surface area (Å²) in [5.74, 6) is 2.87. The molecular formula is C25H29N5O3. The molecule has 0 spiro atoms. The predicted molar refractivity (Wildman–Crippen MR) is 128 cm³/mol. The number of benzene rings is 2. The second-order valence-electron chi connectivity index (χ2n) is 8.75. The zero-order chi connectivity index (χ0) is 23.1. The van der Waals surface area contributed by atoms with E-state index in [1.165, 1.54) is 11.1 Å². The summed E-state index contributed by atoms with van der Waals surface area (Å²) in [6, 6.07) is 12.0. The molecule has 172 valence electrons. The van der Waals surface area contributed by atoms with E-state index in [-0.39, 0.29) is 11.8 Å². The van der Waals surface area contributed by atoms with Gasteiger partial charge in [0, 0.05) is 43.5 Å². The monoisotopic (exact) mass is 447 g/mol. The summed E-state index contributed by atoms with van der Waals surface area (Å²) in [4.78, 5) is 26.4. The molecule has 1 aromatic heterocycles. The molecule has 2 heterocycles. The van der Waals surface area contributed by atoms with Gasteiger partial charge in [-0.25, -0.2) is 4.98 Å². The molecule has 33 heavy (non-hydrogen) atoms. The number of carbonyl (C=O) groups is 1. The third-order valence-corrected chi connectivity index (χ3v) is 6.79. The first kappa shape index (κ1) is 21.3. The van der Waals surface area contributed by atoms with Crippen LogP contribution >= 0.6 is 0 Å². The van der Waals surface area contributed by atoms with Gasteiger partial charge in [0.25, 0.3) is 0 Å². The minimum atomic E-state index is 0.104. The Labute approximate surface area is 193 Å². The number of hydrogen-bond donors (Lipinski definition) is 1. The van der Waals surface area contributed by atoms with Crippen molar-refractivity contribution >= 4 is 28.6 Å². The van der Waals surface area contributed by atoms with Crippen LogP contribution in [0.25, 0.3) is 10.9 Å². The summed E-state index contributed by atoms with van der Waals surface area (Å²) in [6.07, 6.45) is 0.944. The maximum atomic E-state index is 13.1. The average Bonchev–Trinajstić information content (AvgIpc) is 3.64. The molecule has 0 bridgehead atoms. The number of methoxy groups -OCH3 is 2. The number of carbonyl (C=O) groups excluding carboxylic acids is 1. The van der Waals surface area contributed by atoms with E-state index < -0.39 is 0 Å². The van der Waals surface area contributed by atoms with Crippen LogP contribution in [0.15, 0.2) is 36.4 Å². The number of nitrogen functional groups attached to an aromatic ring is 1. The second kappa shape index (κ2) is 8.42. The standard InChI is InChI=1S/C25H29N5O3/c1-15-6-4-5-7-16(15)17-12-18(17)24(31)29-8-10-30(11-9-29)25-27-20-14-22(33-3)21(32-2)13-19(20)23(26)28-25/h4-7,13-14,17-18H,8-12H2,1-3H3,(H2,26,27,28). The number of hydrogen-bond acceptors (Lipinski definition) is 7. The van der Waals surface area contributed by atoms with Gasteiger partial charge in [0.1, 0.15) is 5.82 Å². The minimum absolute atomic E-state index is 0.104. The Bertz CT molecular complexity index is 1210. The lowest BCUT2D eigenvalue weighted by atomic mass is 10.0. The van der Waals surface area contributed by atoms with Gasteiger partial charge in [-0.1, -0.05) is 24.3 Å². The van der Waals surface area contributed by atoms with E-state index in [1.807, 2.05) is 17.0 Å². The number of aromatic nitrogens is 2. The molecule has 1 aliphatic carbocycles. The van der Waals surface area contributed by atoms with Gasteiger partial charge >= 0.3 is 0 Å². The smallest absolute Gasteiger partial charge is 0.228 e. The lowest BCUT2D eigenvalue weighted by Gasteiger charge is -2.35. The van der Waals surface area contributed by atoms with E-state index in [0.717, 1.165) is 11.8 Å². The minimum Gasteiger partial charge on any atom is -0.493 e. The highest BCUT2D eigenvalue weighted by atomic mass is 16.5. The van der Waals surface area contributed by atoms with Gasteiger partial charge in [-0.2, -0.15) is 4.98 Å². The number of aryl methyl sites for hydroxylation is 1. The molecule has 2 fully saturated rings. The summed E-state index contributed by atoms with van der Waals surface area (Å²) < 4.78 is 10.8. The Morgan fingerprint density at radius 3 is 2.42 bits per heavy atom. The largest absolute Gasteiger partial charge is 0.493 e. The molecule has 2 atom stereocenters. The Morgan fingerprint density at radius 1 is 1.03 bits per heavy atom. The van der Waals surface area contributed by atoms with Crippen molar-refractivity contribution in [3.05, 3.63) is 47.5 Å². The SMILES string of the molecule is COc1cc2nc(N3CCN(C(=O)C4CC4c4ccccc4C)CC3)nc(N)c2cc1OC. The van der Waals surface area contributed by atoms with Crippen LogP contribution < -0.4 is 20.1 Å². The van der Waals surface area contributed by atoms with Crippen molar-refractivity contribution in [2.24, 2.45) is 5.92 Å². The molecule has 1 amide bonds. The van der Waals surface area contributed by atoms with Crippen molar-refractivity contribution in [3.8, 4) is 11.5 Å². The van der Waals surface area contributed by atoms with Gasteiger partial charge in [0.2, 0.25) is 11.9 Å². The molecule has 2 aromatic carbocycles. The fraction of sp³-hybridized carbons (Fsp3) is 0.400. The molecule has 5 rings (SSSR count). The van der Waals surface area contributed by atoms with E-state index >= 15 is 0 Å². The van der Waals surface area contributed by atoms with Gasteiger partial charge in [-0.3, -0.25) is 4.79 Å². The molecular weight excluding hydrogens is 418 g/mol. The topological polar surface area (TPSA) is 93.8 Å². The number of nitrogens with two attached hydrogens (primary N) is 1. The lowest BCUT2D eigenvalue weighted by molar-refractivity contribution is -0.133. The van der Waals surface area contributed by atoms with Crippen molar-refractivity contribution in [2.45, 2.75) is 19.3 Å². The van der Waals surface area contributed by atoms with Crippen molar-refractivity contribution in [1.29, 1.82) is 0 Å². The molecule has 1 aliphatic heterocycles. The number of amides is 1. The van der Waals surface area contributed by atoms with Crippen LogP contribution in [0.4, 0.5) is 11.8 Å². The summed E-state index contributed by atoms with van der Waals surface area (Å²) in [7, 11) is 3.18. The number of anilines is 2. The Kier molecular flexibility index (Phi) is 5.44. The fourth-order valence-corrected chi connectivity index (χ4v) is 4.78. The molecule has 2 unspecified atom stereocenters. The van der Waals surface area contributed by atoms with E-state index in [4.69, 9.17) is 20.2 Å². The molecule has 2 N–H and O–H groups in total. The van der Waals surface area contributed by atoms with Crippen molar-refractivity contribution in [1.82, 2.24) is 14.9 Å². The maximum Gasteiger partial charge on any atom is 0.228 e. The van der Waals surface area contributed by atoms with E-state index in [9.17, 15) is 4.79 Å². The van der Waals surface area contributed by atoms with E-state index in [2.05, 4.69) is 35.0 Å². The van der Waals surface area contributed by atoms with Crippen LogP contribution in [0.2, 0.25) is 0 Å². The number of fused-ring (bicyclic) bond motifs is 1. The summed E-state index contributed by atoms with van der Waals surface area (Å²) in [5, 5.41) is 0.723. The third-order valence-electron chi connectivity index (χ3n) is 6.79. The normalized spacial score (nSPS) is 20.1. The summed E-state index contributed by atoms with van der Waals surface area (Å²) in [6.45, 7) is 4.78. The first-order chi connectivity index (χ1) is 16.0. The first-order valence-corrected chi connectivity index (χ1v) is 11.3. The summed E-state index contributed by atoms with van der Waals surface area (Å²) >= 11 is 0. The maximum absolute atomic E-state index is 13.1.